The Bertz CT molecular complexity index is 531. The van der Waals surface area contributed by atoms with Crippen molar-refractivity contribution in [2.45, 2.75) is 31.7 Å². The molecule has 2 unspecified atom stereocenters. The fourth-order valence-electron chi connectivity index (χ4n) is 3.47. The molecular weight excluding hydrogens is 382 g/mol. The lowest BCUT2D eigenvalue weighted by molar-refractivity contribution is 0.0650. The largest absolute Gasteiger partial charge is 0.338 e. The number of piperidine rings is 1. The Hall–Kier alpha value is -0.690. The van der Waals surface area contributed by atoms with Gasteiger partial charge in [-0.25, -0.2) is 4.39 Å². The standard InChI is InChI=1S/C16H20FIN2O/c17-12-5-6-13(14(18)9-12)16(21)20-8-2-3-11(10-20)15-4-1-7-19-15/h5-6,9,11,15,19H,1-4,7-8,10H2. The van der Waals surface area contributed by atoms with E-state index in [2.05, 4.69) is 5.32 Å². The second-order valence-electron chi connectivity index (χ2n) is 5.98. The molecule has 0 spiro atoms. The zero-order valence-electron chi connectivity index (χ0n) is 11.9. The number of nitrogens with zero attached hydrogens (tertiary/aromatic N) is 1. The summed E-state index contributed by atoms with van der Waals surface area (Å²) in [6.07, 6.45) is 4.72. The molecule has 1 N–H and O–H groups in total. The first-order valence-electron chi connectivity index (χ1n) is 7.63. The zero-order valence-corrected chi connectivity index (χ0v) is 14.1. The molecule has 3 rings (SSSR count). The van der Waals surface area contributed by atoms with Gasteiger partial charge in [0.05, 0.1) is 5.56 Å². The lowest BCUT2D eigenvalue weighted by Crippen LogP contribution is -2.46. The monoisotopic (exact) mass is 402 g/mol. The summed E-state index contributed by atoms with van der Waals surface area (Å²) in [6, 6.07) is 4.97. The maximum absolute atomic E-state index is 13.2. The van der Waals surface area contributed by atoms with Gasteiger partial charge < -0.3 is 10.2 Å². The number of benzene rings is 1. The van der Waals surface area contributed by atoms with E-state index < -0.39 is 0 Å². The molecule has 2 saturated heterocycles. The molecule has 114 valence electrons. The number of amides is 1. The minimum atomic E-state index is -0.289. The molecule has 0 aliphatic carbocycles. The Morgan fingerprint density at radius 2 is 2.19 bits per heavy atom. The van der Waals surface area contributed by atoms with Crippen molar-refractivity contribution >= 4 is 28.5 Å². The highest BCUT2D eigenvalue weighted by Gasteiger charge is 2.31. The van der Waals surface area contributed by atoms with E-state index in [1.807, 2.05) is 27.5 Å². The van der Waals surface area contributed by atoms with Gasteiger partial charge >= 0.3 is 0 Å². The Labute approximate surface area is 138 Å². The summed E-state index contributed by atoms with van der Waals surface area (Å²) in [5.74, 6) is 0.313. The molecule has 5 heteroatoms. The number of hydrogen-bond donors (Lipinski definition) is 1. The molecule has 2 heterocycles. The van der Waals surface area contributed by atoms with Crippen LogP contribution in [0, 0.1) is 15.3 Å². The van der Waals surface area contributed by atoms with E-state index in [0.717, 1.165) is 26.1 Å². The summed E-state index contributed by atoms with van der Waals surface area (Å²) < 4.78 is 13.9. The fourth-order valence-corrected chi connectivity index (χ4v) is 4.18. The second kappa shape index (κ2) is 6.60. The average molecular weight is 402 g/mol. The van der Waals surface area contributed by atoms with Gasteiger partial charge in [-0.15, -0.1) is 0 Å². The van der Waals surface area contributed by atoms with Gasteiger partial charge in [-0.2, -0.15) is 0 Å². The summed E-state index contributed by atoms with van der Waals surface area (Å²) in [4.78, 5) is 14.6. The SMILES string of the molecule is O=C(c1ccc(F)cc1I)N1CCCC(C2CCCN2)C1. The number of nitrogens with one attached hydrogen (secondary N) is 1. The van der Waals surface area contributed by atoms with E-state index in [1.165, 1.54) is 31.4 Å². The maximum atomic E-state index is 13.2. The summed E-state index contributed by atoms with van der Waals surface area (Å²) in [5, 5.41) is 3.56. The van der Waals surface area contributed by atoms with Crippen LogP contribution in [0.4, 0.5) is 4.39 Å². The highest BCUT2D eigenvalue weighted by molar-refractivity contribution is 14.1. The number of carbonyl (C=O) groups excluding carboxylic acids is 1. The molecule has 0 bridgehead atoms. The van der Waals surface area contributed by atoms with Crippen molar-refractivity contribution in [3.8, 4) is 0 Å². The van der Waals surface area contributed by atoms with E-state index in [4.69, 9.17) is 0 Å². The molecule has 2 atom stereocenters. The molecule has 1 amide bonds. The van der Waals surface area contributed by atoms with Crippen molar-refractivity contribution < 1.29 is 9.18 Å². The van der Waals surface area contributed by atoms with E-state index in [0.29, 0.717) is 21.1 Å². The van der Waals surface area contributed by atoms with Gasteiger partial charge in [-0.05, 0) is 78.9 Å². The molecule has 2 aliphatic rings. The minimum Gasteiger partial charge on any atom is -0.338 e. The van der Waals surface area contributed by atoms with Gasteiger partial charge in [0.15, 0.2) is 0 Å². The van der Waals surface area contributed by atoms with Gasteiger partial charge in [0.2, 0.25) is 0 Å². The Morgan fingerprint density at radius 3 is 2.90 bits per heavy atom. The molecule has 0 aromatic heterocycles. The predicted molar refractivity (Wildman–Crippen MR) is 88.8 cm³/mol. The molecule has 21 heavy (non-hydrogen) atoms. The third kappa shape index (κ3) is 3.39. The zero-order chi connectivity index (χ0) is 14.8. The molecular formula is C16H20FIN2O. The molecule has 2 aliphatic heterocycles. The number of carbonyl (C=O) groups is 1. The topological polar surface area (TPSA) is 32.3 Å². The van der Waals surface area contributed by atoms with Gasteiger partial charge in [-0.3, -0.25) is 4.79 Å². The summed E-state index contributed by atoms with van der Waals surface area (Å²) in [7, 11) is 0. The van der Waals surface area contributed by atoms with Crippen LogP contribution >= 0.6 is 22.6 Å². The van der Waals surface area contributed by atoms with Crippen molar-refractivity contribution in [1.29, 1.82) is 0 Å². The second-order valence-corrected chi connectivity index (χ2v) is 7.14. The number of halogens is 2. The number of hydrogen-bond acceptors (Lipinski definition) is 2. The van der Waals surface area contributed by atoms with Gasteiger partial charge in [0.25, 0.3) is 5.91 Å². The first-order valence-corrected chi connectivity index (χ1v) is 8.71. The Kier molecular flexibility index (Phi) is 4.78. The lowest BCUT2D eigenvalue weighted by atomic mass is 9.89. The predicted octanol–water partition coefficient (Wildman–Crippen LogP) is 3.03. The van der Waals surface area contributed by atoms with Crippen LogP contribution < -0.4 is 5.32 Å². The lowest BCUT2D eigenvalue weighted by Gasteiger charge is -2.36. The van der Waals surface area contributed by atoms with Crippen LogP contribution in [0.1, 0.15) is 36.0 Å². The molecule has 2 fully saturated rings. The van der Waals surface area contributed by atoms with Crippen LogP contribution in [-0.4, -0.2) is 36.5 Å². The van der Waals surface area contributed by atoms with E-state index in [1.54, 1.807) is 6.07 Å². The quantitative estimate of drug-likeness (QED) is 0.772. The van der Waals surface area contributed by atoms with Crippen molar-refractivity contribution in [2.24, 2.45) is 5.92 Å². The highest BCUT2D eigenvalue weighted by atomic mass is 127. The first-order chi connectivity index (χ1) is 10.1. The van der Waals surface area contributed by atoms with Crippen LogP contribution in [-0.2, 0) is 0 Å². The molecule has 0 saturated carbocycles. The fraction of sp³-hybridized carbons (Fsp3) is 0.562. The van der Waals surface area contributed by atoms with Gasteiger partial charge in [-0.1, -0.05) is 0 Å². The summed E-state index contributed by atoms with van der Waals surface area (Å²) >= 11 is 2.04. The van der Waals surface area contributed by atoms with Crippen molar-refractivity contribution in [2.75, 3.05) is 19.6 Å². The highest BCUT2D eigenvalue weighted by Crippen LogP contribution is 2.26. The van der Waals surface area contributed by atoms with E-state index in [-0.39, 0.29) is 11.7 Å². The normalized spacial score (nSPS) is 26.1. The molecule has 0 radical (unpaired) electrons. The minimum absolute atomic E-state index is 0.0436. The molecule has 3 nitrogen and oxygen atoms in total. The van der Waals surface area contributed by atoms with Crippen molar-refractivity contribution in [3.05, 3.63) is 33.1 Å². The van der Waals surface area contributed by atoms with Crippen LogP contribution in [0.2, 0.25) is 0 Å². The van der Waals surface area contributed by atoms with Gasteiger partial charge in [0, 0.05) is 22.7 Å². The molecule has 1 aromatic carbocycles. The average Bonchev–Trinajstić information content (AvgIpc) is 3.01. The number of likely N-dealkylation sites (tertiary alicyclic amines) is 1. The summed E-state index contributed by atoms with van der Waals surface area (Å²) in [6.45, 7) is 2.74. The van der Waals surface area contributed by atoms with E-state index >= 15 is 0 Å². The van der Waals surface area contributed by atoms with Crippen molar-refractivity contribution in [1.82, 2.24) is 10.2 Å². The third-order valence-electron chi connectivity index (χ3n) is 4.57. The van der Waals surface area contributed by atoms with E-state index in [9.17, 15) is 9.18 Å². The Morgan fingerprint density at radius 1 is 1.33 bits per heavy atom. The number of rotatable bonds is 2. The first kappa shape index (κ1) is 15.2. The van der Waals surface area contributed by atoms with Crippen LogP contribution in [0.15, 0.2) is 18.2 Å². The van der Waals surface area contributed by atoms with Crippen LogP contribution in [0.25, 0.3) is 0 Å². The van der Waals surface area contributed by atoms with Gasteiger partial charge in [0.1, 0.15) is 5.82 Å². The summed E-state index contributed by atoms with van der Waals surface area (Å²) in [5.41, 5.74) is 0.622. The van der Waals surface area contributed by atoms with Crippen LogP contribution in [0.3, 0.4) is 0 Å². The smallest absolute Gasteiger partial charge is 0.254 e. The third-order valence-corrected chi connectivity index (χ3v) is 5.47. The van der Waals surface area contributed by atoms with Crippen molar-refractivity contribution in [3.63, 3.8) is 0 Å². The Balaban J connectivity index is 1.71. The molecule has 1 aromatic rings. The maximum Gasteiger partial charge on any atom is 0.254 e. The van der Waals surface area contributed by atoms with Crippen LogP contribution in [0.5, 0.6) is 0 Å².